The average Bonchev–Trinajstić information content (AvgIpc) is 3.25. The smallest absolute Gasteiger partial charge is 1.00 e. The van der Waals surface area contributed by atoms with Gasteiger partial charge in [0.2, 0.25) is 0 Å². The van der Waals surface area contributed by atoms with Gasteiger partial charge in [0.15, 0.2) is 0 Å². The Balaban J connectivity index is 0.00000128. The Morgan fingerprint density at radius 3 is 1.60 bits per heavy atom. The summed E-state index contributed by atoms with van der Waals surface area (Å²) in [5, 5.41) is 3.71. The third-order valence-corrected chi connectivity index (χ3v) is 15.5. The van der Waals surface area contributed by atoms with Gasteiger partial charge in [-0.1, -0.05) is 0 Å². The van der Waals surface area contributed by atoms with E-state index in [1.165, 1.54) is 41.3 Å². The zero-order valence-corrected chi connectivity index (χ0v) is 21.8. The number of hydrogen-bond donors (Lipinski definition) is 0. The van der Waals surface area contributed by atoms with Crippen molar-refractivity contribution in [1.29, 1.82) is 0 Å². The quantitative estimate of drug-likeness (QED) is 0.563. The number of rotatable bonds is 3. The molecule has 2 unspecified atom stereocenters. The van der Waals surface area contributed by atoms with Crippen LogP contribution in [0.2, 0.25) is 0 Å². The van der Waals surface area contributed by atoms with Gasteiger partial charge in [-0.2, -0.15) is 0 Å². The molecule has 2 atom stereocenters. The molecule has 5 rings (SSSR count). The van der Waals surface area contributed by atoms with Crippen molar-refractivity contribution in [2.24, 2.45) is 0 Å². The van der Waals surface area contributed by atoms with Gasteiger partial charge in [0.1, 0.15) is 0 Å². The number of benzene rings is 2. The minimum atomic E-state index is -0.654. The monoisotopic (exact) mass is 500 g/mol. The van der Waals surface area contributed by atoms with E-state index in [4.69, 9.17) is 0 Å². The predicted octanol–water partition coefficient (Wildman–Crippen LogP) is 1.80. The maximum absolute atomic E-state index is 2.66. The van der Waals surface area contributed by atoms with Crippen LogP contribution in [-0.2, 0) is 23.2 Å². The Bertz CT molecular complexity index is 974. The molecule has 4 heteroatoms. The van der Waals surface area contributed by atoms with Crippen LogP contribution in [0.15, 0.2) is 34.9 Å². The van der Waals surface area contributed by atoms with Crippen LogP contribution in [0.5, 0.6) is 0 Å². The van der Waals surface area contributed by atoms with Crippen LogP contribution < -0.4 is 9.41 Å². The molecule has 1 fully saturated rings. The van der Waals surface area contributed by atoms with Crippen molar-refractivity contribution < 1.29 is 32.6 Å². The molecule has 0 N–H and O–H groups in total. The largest absolute Gasteiger partial charge is 1.00 e. The predicted molar refractivity (Wildman–Crippen MR) is 120 cm³/mol. The normalized spacial score (nSPS) is 22.1. The molecule has 0 amide bonds. The van der Waals surface area contributed by atoms with Crippen LogP contribution in [0.1, 0.15) is 71.5 Å². The summed E-state index contributed by atoms with van der Waals surface area (Å²) in [6.45, 7) is 11.7. The van der Waals surface area contributed by atoms with Crippen LogP contribution in [-0.4, -0.2) is 6.16 Å². The fraction of sp³-hybridized carbons (Fsp3) is 0.385. The van der Waals surface area contributed by atoms with E-state index in [2.05, 4.69) is 71.0 Å². The summed E-state index contributed by atoms with van der Waals surface area (Å²) in [6.07, 6.45) is 9.39. The molecule has 1 aliphatic heterocycles. The summed E-state index contributed by atoms with van der Waals surface area (Å²) in [6, 6.07) is 9.43. The molecule has 0 spiro atoms. The summed E-state index contributed by atoms with van der Waals surface area (Å²) in [7, 11) is -0.136. The van der Waals surface area contributed by atoms with Crippen LogP contribution >= 0.6 is 7.92 Å². The molecule has 2 aliphatic carbocycles. The summed E-state index contributed by atoms with van der Waals surface area (Å²) in [4.78, 5) is 0. The summed E-state index contributed by atoms with van der Waals surface area (Å²) >= 11 is -0.654. The second kappa shape index (κ2) is 8.92. The minimum absolute atomic E-state index is 0. The van der Waals surface area contributed by atoms with Gasteiger partial charge < -0.3 is 9.41 Å². The van der Waals surface area contributed by atoms with Gasteiger partial charge in [-0.25, -0.2) is 0 Å². The Hall–Kier alpha value is -0.907. The van der Waals surface area contributed by atoms with Gasteiger partial charge in [-0.05, 0) is 0 Å². The summed E-state index contributed by atoms with van der Waals surface area (Å²) in [5.41, 5.74) is 12.7. The minimum Gasteiger partial charge on any atom is -1.00 e. The number of aryl methyl sites for hydroxylation is 4. The first-order valence-corrected chi connectivity index (χ1v) is 15.0. The van der Waals surface area contributed by atoms with E-state index < -0.39 is 23.2 Å². The maximum Gasteiger partial charge on any atom is -1.00 e. The summed E-state index contributed by atoms with van der Waals surface area (Å²) < 4.78 is 1.63. The van der Waals surface area contributed by atoms with E-state index in [0.29, 0.717) is 0 Å². The Labute approximate surface area is 192 Å². The molecular formula is C26H29F2PZr. The van der Waals surface area contributed by atoms with Crippen molar-refractivity contribution in [2.75, 3.05) is 6.16 Å². The van der Waals surface area contributed by atoms with Crippen LogP contribution in [0, 0.1) is 27.7 Å². The Morgan fingerprint density at radius 2 is 1.17 bits per heavy atom. The molecule has 0 radical (unpaired) electrons. The van der Waals surface area contributed by atoms with Crippen molar-refractivity contribution in [1.82, 2.24) is 0 Å². The maximum atomic E-state index is 2.66. The van der Waals surface area contributed by atoms with E-state index in [1.807, 2.05) is 10.6 Å². The molecule has 1 saturated heterocycles. The van der Waals surface area contributed by atoms with E-state index >= 15 is 0 Å². The second-order valence-electron chi connectivity index (χ2n) is 8.73. The molecule has 156 valence electrons. The van der Waals surface area contributed by atoms with E-state index in [0.717, 1.165) is 7.25 Å². The number of halogens is 2. The Kier molecular flexibility index (Phi) is 7.06. The van der Waals surface area contributed by atoms with Crippen LogP contribution in [0.25, 0.3) is 12.2 Å². The Morgan fingerprint density at radius 1 is 0.733 bits per heavy atom. The van der Waals surface area contributed by atoms with Gasteiger partial charge in [0, 0.05) is 0 Å². The summed E-state index contributed by atoms with van der Waals surface area (Å²) in [5.74, 6) is 0. The molecule has 1 heterocycles. The SMILES string of the molecule is CCCCP1C2=Cc3c(C)ccc(C)c3[CH]2[Zr+2][CH]2C1=Cc1c(C)ccc(C)c12.[F-].[F-]. The van der Waals surface area contributed by atoms with Crippen molar-refractivity contribution in [3.63, 3.8) is 0 Å². The first kappa shape index (κ1) is 23.7. The molecule has 0 saturated carbocycles. The second-order valence-corrected chi connectivity index (χ2v) is 14.7. The first-order valence-electron chi connectivity index (χ1n) is 10.7. The zero-order chi connectivity index (χ0) is 19.6. The zero-order valence-electron chi connectivity index (χ0n) is 18.4. The van der Waals surface area contributed by atoms with Crippen molar-refractivity contribution in [2.45, 2.75) is 54.7 Å². The first-order chi connectivity index (χ1) is 13.5. The number of hydrogen-bond acceptors (Lipinski definition) is 0. The van der Waals surface area contributed by atoms with E-state index in [1.54, 1.807) is 22.3 Å². The van der Waals surface area contributed by atoms with Gasteiger partial charge in [0.05, 0.1) is 0 Å². The van der Waals surface area contributed by atoms with Gasteiger partial charge in [0.25, 0.3) is 0 Å². The fourth-order valence-electron chi connectivity index (χ4n) is 5.31. The van der Waals surface area contributed by atoms with Gasteiger partial charge >= 0.3 is 184 Å². The molecule has 0 bridgehead atoms. The van der Waals surface area contributed by atoms with Gasteiger partial charge in [-0.3, -0.25) is 0 Å². The third kappa shape index (κ3) is 3.45. The molecule has 0 nitrogen and oxygen atoms in total. The van der Waals surface area contributed by atoms with Crippen LogP contribution in [0.3, 0.4) is 0 Å². The topological polar surface area (TPSA) is 0 Å². The third-order valence-electron chi connectivity index (χ3n) is 6.89. The van der Waals surface area contributed by atoms with Crippen LogP contribution in [0.4, 0.5) is 0 Å². The average molecular weight is 502 g/mol. The standard InChI is InChI=1S/C26H29P.2FH.Zr/c1-6-7-12-27(21-13-23-17(2)8-9-18(3)24(23)14-21)22-15-25-19(4)10-11-20(5)26(25)16-22;;;/h8-11,13-16H,6-7,12H2,1-5H3;2*1H;/q;;;+2/p-2. The number of allylic oxidation sites excluding steroid dienone is 2. The van der Waals surface area contributed by atoms with Crippen molar-refractivity contribution in [3.05, 3.63) is 79.4 Å². The van der Waals surface area contributed by atoms with Crippen molar-refractivity contribution in [3.8, 4) is 0 Å². The fourth-order valence-corrected chi connectivity index (χ4v) is 16.2. The number of unbranched alkanes of at least 4 members (excludes halogenated alkanes) is 1. The molecular weight excluding hydrogens is 472 g/mol. The van der Waals surface area contributed by atoms with E-state index in [-0.39, 0.29) is 17.3 Å². The van der Waals surface area contributed by atoms with Crippen molar-refractivity contribution >= 4 is 20.1 Å². The molecule has 2 aromatic rings. The number of fused-ring (bicyclic) bond motifs is 6. The van der Waals surface area contributed by atoms with Gasteiger partial charge in [-0.15, -0.1) is 0 Å². The molecule has 2 aromatic carbocycles. The molecule has 0 aromatic heterocycles. The molecule has 3 aliphatic rings. The molecule has 30 heavy (non-hydrogen) atoms. The van der Waals surface area contributed by atoms with E-state index in [9.17, 15) is 0 Å².